The second-order valence-corrected chi connectivity index (χ2v) is 7.86. The number of nitrogens with one attached hydrogen (secondary N) is 2. The van der Waals surface area contributed by atoms with Gasteiger partial charge in [-0.05, 0) is 37.0 Å². The third-order valence-corrected chi connectivity index (χ3v) is 4.81. The number of nitrogens with zero attached hydrogens (tertiary/aromatic N) is 1. The van der Waals surface area contributed by atoms with Gasteiger partial charge in [0.05, 0.1) is 11.1 Å². The van der Waals surface area contributed by atoms with Gasteiger partial charge in [0.2, 0.25) is 0 Å². The summed E-state index contributed by atoms with van der Waals surface area (Å²) in [5, 5.41) is 5.73. The molecule has 2 aromatic rings. The van der Waals surface area contributed by atoms with Gasteiger partial charge >= 0.3 is 12.0 Å². The van der Waals surface area contributed by atoms with Crippen molar-refractivity contribution in [3.63, 3.8) is 0 Å². The van der Waals surface area contributed by atoms with E-state index in [1.807, 2.05) is 45.0 Å². The molecule has 8 heteroatoms. The lowest BCUT2D eigenvalue weighted by molar-refractivity contribution is -0.171. The number of fused-ring (bicyclic) bond motifs is 1. The highest BCUT2D eigenvalue weighted by atomic mass is 16.7. The van der Waals surface area contributed by atoms with Crippen molar-refractivity contribution >= 4 is 23.8 Å². The van der Waals surface area contributed by atoms with E-state index in [9.17, 15) is 19.2 Å². The first-order valence-electron chi connectivity index (χ1n) is 10.1. The van der Waals surface area contributed by atoms with Crippen LogP contribution in [0.2, 0.25) is 0 Å². The summed E-state index contributed by atoms with van der Waals surface area (Å²) in [4.78, 5) is 55.0. The van der Waals surface area contributed by atoms with Crippen LogP contribution in [0.4, 0.5) is 4.79 Å². The fraction of sp³-hybridized carbons (Fsp3) is 0.304. The van der Waals surface area contributed by atoms with Gasteiger partial charge in [-0.2, -0.15) is 0 Å². The first-order chi connectivity index (χ1) is 14.8. The number of benzene rings is 2. The molecule has 0 aromatic heterocycles. The molecule has 0 bridgehead atoms. The van der Waals surface area contributed by atoms with Crippen molar-refractivity contribution in [1.29, 1.82) is 0 Å². The van der Waals surface area contributed by atoms with Crippen LogP contribution in [-0.4, -0.2) is 34.9 Å². The summed E-state index contributed by atoms with van der Waals surface area (Å²) in [5.41, 5.74) is 2.37. The van der Waals surface area contributed by atoms with E-state index in [0.717, 1.165) is 11.1 Å². The van der Waals surface area contributed by atoms with E-state index < -0.39 is 29.9 Å². The molecule has 2 aromatic carbocycles. The maximum Gasteiger partial charge on any atom is 0.355 e. The molecule has 3 rings (SSSR count). The van der Waals surface area contributed by atoms with E-state index in [0.29, 0.717) is 5.06 Å². The fourth-order valence-corrected chi connectivity index (χ4v) is 3.19. The van der Waals surface area contributed by atoms with Crippen LogP contribution >= 0.6 is 0 Å². The van der Waals surface area contributed by atoms with Crippen LogP contribution in [0.3, 0.4) is 0 Å². The highest BCUT2D eigenvalue weighted by Crippen LogP contribution is 2.23. The van der Waals surface area contributed by atoms with Crippen molar-refractivity contribution in [2.75, 3.05) is 0 Å². The smallest absolute Gasteiger partial charge is 0.334 e. The molecule has 1 aliphatic rings. The molecule has 1 aliphatic heterocycles. The van der Waals surface area contributed by atoms with Gasteiger partial charge in [0.15, 0.2) is 0 Å². The maximum absolute atomic E-state index is 12.7. The number of hydrogen-bond acceptors (Lipinski definition) is 5. The molecule has 162 valence electrons. The first kappa shape index (κ1) is 22.0. The number of amides is 4. The molecule has 1 atom stereocenters. The SMILES string of the molecule is Cc1ccc(CNC(=O)NC(CC(C)C)C(=O)ON2C(=O)c3ccccc3C2=O)cc1. The summed E-state index contributed by atoms with van der Waals surface area (Å²) in [5.74, 6) is -2.24. The first-order valence-corrected chi connectivity index (χ1v) is 10.1. The number of carbonyl (C=O) groups is 4. The zero-order valence-electron chi connectivity index (χ0n) is 17.7. The maximum atomic E-state index is 12.7. The summed E-state index contributed by atoms with van der Waals surface area (Å²) in [7, 11) is 0. The number of carbonyl (C=O) groups excluding carboxylic acids is 4. The van der Waals surface area contributed by atoms with Crippen LogP contribution < -0.4 is 10.6 Å². The lowest BCUT2D eigenvalue weighted by atomic mass is 10.0. The predicted octanol–water partition coefficient (Wildman–Crippen LogP) is 2.96. The second-order valence-electron chi connectivity index (χ2n) is 7.86. The van der Waals surface area contributed by atoms with Crippen molar-refractivity contribution in [3.05, 3.63) is 70.8 Å². The molecule has 1 unspecified atom stereocenters. The Morgan fingerprint density at radius 3 is 2.10 bits per heavy atom. The van der Waals surface area contributed by atoms with Crippen LogP contribution in [0.1, 0.15) is 52.1 Å². The average molecular weight is 423 g/mol. The molecular weight excluding hydrogens is 398 g/mol. The summed E-state index contributed by atoms with van der Waals surface area (Å²) >= 11 is 0. The van der Waals surface area contributed by atoms with Crippen molar-refractivity contribution in [1.82, 2.24) is 15.7 Å². The van der Waals surface area contributed by atoms with Crippen molar-refractivity contribution in [3.8, 4) is 0 Å². The summed E-state index contributed by atoms with van der Waals surface area (Å²) < 4.78 is 0. The number of aryl methyl sites for hydroxylation is 1. The van der Waals surface area contributed by atoms with Crippen LogP contribution in [-0.2, 0) is 16.2 Å². The summed E-state index contributed by atoms with van der Waals surface area (Å²) in [6.07, 6.45) is 0.278. The Labute approximate surface area is 180 Å². The van der Waals surface area contributed by atoms with Gasteiger partial charge in [0, 0.05) is 6.54 Å². The minimum atomic E-state index is -1.03. The monoisotopic (exact) mass is 423 g/mol. The van der Waals surface area contributed by atoms with Crippen LogP contribution in [0, 0.1) is 12.8 Å². The second kappa shape index (κ2) is 9.42. The molecule has 0 aliphatic carbocycles. The van der Waals surface area contributed by atoms with Gasteiger partial charge in [-0.3, -0.25) is 9.59 Å². The molecule has 31 heavy (non-hydrogen) atoms. The van der Waals surface area contributed by atoms with Crippen molar-refractivity contribution in [2.24, 2.45) is 5.92 Å². The zero-order valence-corrected chi connectivity index (χ0v) is 17.7. The lowest BCUT2D eigenvalue weighted by Crippen LogP contribution is -2.49. The molecule has 2 N–H and O–H groups in total. The minimum absolute atomic E-state index is 0.0529. The van der Waals surface area contributed by atoms with Crippen molar-refractivity contribution in [2.45, 2.75) is 39.8 Å². The third kappa shape index (κ3) is 5.28. The largest absolute Gasteiger partial charge is 0.355 e. The predicted molar refractivity (Wildman–Crippen MR) is 113 cm³/mol. The number of hydrogen-bond donors (Lipinski definition) is 2. The van der Waals surface area contributed by atoms with E-state index in [1.54, 1.807) is 12.1 Å². The average Bonchev–Trinajstić information content (AvgIpc) is 2.97. The van der Waals surface area contributed by atoms with Gasteiger partial charge in [0.1, 0.15) is 6.04 Å². The van der Waals surface area contributed by atoms with Crippen LogP contribution in [0.5, 0.6) is 0 Å². The molecule has 1 heterocycles. The molecular formula is C23H25N3O5. The number of imide groups is 1. The standard InChI is InChI=1S/C23H25N3O5/c1-14(2)12-19(25-23(30)24-13-16-10-8-15(3)9-11-16)22(29)31-26-20(27)17-6-4-5-7-18(17)21(26)28/h4-11,14,19H,12-13H2,1-3H3,(H2,24,25,30). The van der Waals surface area contributed by atoms with Gasteiger partial charge in [-0.25, -0.2) is 9.59 Å². The zero-order chi connectivity index (χ0) is 22.5. The topological polar surface area (TPSA) is 105 Å². The minimum Gasteiger partial charge on any atom is -0.334 e. The van der Waals surface area contributed by atoms with Crippen LogP contribution in [0.15, 0.2) is 48.5 Å². The molecule has 0 spiro atoms. The van der Waals surface area contributed by atoms with E-state index in [2.05, 4.69) is 10.6 Å². The Morgan fingerprint density at radius 2 is 1.55 bits per heavy atom. The molecule has 0 radical (unpaired) electrons. The van der Waals surface area contributed by atoms with E-state index in [-0.39, 0.29) is 30.0 Å². The third-order valence-electron chi connectivity index (χ3n) is 4.81. The number of urea groups is 1. The Morgan fingerprint density at radius 1 is 0.968 bits per heavy atom. The van der Waals surface area contributed by atoms with Gasteiger partial charge < -0.3 is 15.5 Å². The van der Waals surface area contributed by atoms with Gasteiger partial charge in [-0.15, -0.1) is 0 Å². The normalized spacial score (nSPS) is 13.7. The highest BCUT2D eigenvalue weighted by Gasteiger charge is 2.40. The van der Waals surface area contributed by atoms with Crippen molar-refractivity contribution < 1.29 is 24.0 Å². The molecule has 0 saturated carbocycles. The molecule has 0 saturated heterocycles. The molecule has 4 amide bonds. The quantitative estimate of drug-likeness (QED) is 0.666. The van der Waals surface area contributed by atoms with E-state index in [1.165, 1.54) is 12.1 Å². The Bertz CT molecular complexity index is 966. The fourth-order valence-electron chi connectivity index (χ4n) is 3.19. The van der Waals surface area contributed by atoms with Gasteiger partial charge in [-0.1, -0.05) is 60.9 Å². The van der Waals surface area contributed by atoms with E-state index in [4.69, 9.17) is 4.84 Å². The van der Waals surface area contributed by atoms with E-state index >= 15 is 0 Å². The van der Waals surface area contributed by atoms with Gasteiger partial charge in [0.25, 0.3) is 11.8 Å². The molecule has 0 fully saturated rings. The van der Waals surface area contributed by atoms with Crippen LogP contribution in [0.25, 0.3) is 0 Å². The molecule has 8 nitrogen and oxygen atoms in total. The lowest BCUT2D eigenvalue weighted by Gasteiger charge is -2.21. The summed E-state index contributed by atoms with van der Waals surface area (Å²) in [6, 6.07) is 12.3. The number of rotatable bonds is 7. The number of hydroxylamine groups is 2. The summed E-state index contributed by atoms with van der Waals surface area (Å²) in [6.45, 7) is 6.02. The Hall–Kier alpha value is -3.68. The Kier molecular flexibility index (Phi) is 6.69. The Balaban J connectivity index is 1.62. The highest BCUT2D eigenvalue weighted by molar-refractivity contribution is 6.20.